The number of nitrogens with one attached hydrogen (secondary N) is 1. The van der Waals surface area contributed by atoms with Crippen molar-refractivity contribution < 1.29 is 9.47 Å². The fourth-order valence-corrected chi connectivity index (χ4v) is 3.28. The summed E-state index contributed by atoms with van der Waals surface area (Å²) in [5.74, 6) is 1.36. The molecule has 0 saturated heterocycles. The van der Waals surface area contributed by atoms with Crippen molar-refractivity contribution in [3.63, 3.8) is 0 Å². The predicted molar refractivity (Wildman–Crippen MR) is 86.2 cm³/mol. The van der Waals surface area contributed by atoms with Gasteiger partial charge in [-0.2, -0.15) is 0 Å². The number of benzene rings is 1. The van der Waals surface area contributed by atoms with Crippen molar-refractivity contribution in [2.45, 2.75) is 13.5 Å². The standard InChI is InChI=1S/C14H15N3O2S2/c1-8-7-21-13(15-8)6-17-10-5-12(19-3)11(18-2)4-9(10)16-14(17)20/h4-5,7H,6H2,1-3H3,(H,16,20). The number of aromatic nitrogens is 3. The molecule has 0 saturated carbocycles. The molecular formula is C14H15N3O2S2. The summed E-state index contributed by atoms with van der Waals surface area (Å²) in [7, 11) is 3.24. The number of ether oxygens (including phenoxy) is 2. The van der Waals surface area contributed by atoms with Gasteiger partial charge < -0.3 is 19.0 Å². The van der Waals surface area contributed by atoms with Crippen LogP contribution in [0.3, 0.4) is 0 Å². The smallest absolute Gasteiger partial charge is 0.178 e. The Balaban J connectivity index is 2.13. The minimum Gasteiger partial charge on any atom is -0.493 e. The van der Waals surface area contributed by atoms with Gasteiger partial charge in [0, 0.05) is 23.2 Å². The summed E-state index contributed by atoms with van der Waals surface area (Å²) in [5.41, 5.74) is 2.93. The molecular weight excluding hydrogens is 306 g/mol. The lowest BCUT2D eigenvalue weighted by atomic mass is 10.2. The maximum atomic E-state index is 5.42. The average molecular weight is 321 g/mol. The van der Waals surface area contributed by atoms with Crippen molar-refractivity contribution in [1.29, 1.82) is 0 Å². The van der Waals surface area contributed by atoms with Gasteiger partial charge in [0.1, 0.15) is 5.01 Å². The zero-order valence-corrected chi connectivity index (χ0v) is 13.6. The van der Waals surface area contributed by atoms with Crippen LogP contribution < -0.4 is 9.47 Å². The van der Waals surface area contributed by atoms with Gasteiger partial charge >= 0.3 is 0 Å². The van der Waals surface area contributed by atoms with E-state index < -0.39 is 0 Å². The first-order valence-corrected chi connectivity index (χ1v) is 7.66. The summed E-state index contributed by atoms with van der Waals surface area (Å²) in [4.78, 5) is 7.69. The van der Waals surface area contributed by atoms with E-state index in [0.29, 0.717) is 22.8 Å². The number of rotatable bonds is 4. The van der Waals surface area contributed by atoms with Gasteiger partial charge in [0.25, 0.3) is 0 Å². The van der Waals surface area contributed by atoms with E-state index in [1.165, 1.54) is 0 Å². The van der Waals surface area contributed by atoms with Crippen LogP contribution in [0.2, 0.25) is 0 Å². The summed E-state index contributed by atoms with van der Waals surface area (Å²) >= 11 is 7.06. The van der Waals surface area contributed by atoms with Gasteiger partial charge in [0.2, 0.25) is 0 Å². The average Bonchev–Trinajstić information content (AvgIpc) is 3.02. The maximum Gasteiger partial charge on any atom is 0.178 e. The molecule has 21 heavy (non-hydrogen) atoms. The van der Waals surface area contributed by atoms with Crippen molar-refractivity contribution in [3.8, 4) is 11.5 Å². The quantitative estimate of drug-likeness (QED) is 0.747. The molecule has 7 heteroatoms. The third kappa shape index (κ3) is 2.54. The highest BCUT2D eigenvalue weighted by molar-refractivity contribution is 7.71. The normalized spacial score (nSPS) is 11.0. The second-order valence-electron chi connectivity index (χ2n) is 4.62. The molecule has 0 atom stereocenters. The monoisotopic (exact) mass is 321 g/mol. The molecule has 0 aliphatic carbocycles. The molecule has 1 aromatic carbocycles. The number of aromatic amines is 1. The van der Waals surface area contributed by atoms with Gasteiger partial charge in [0.15, 0.2) is 16.3 Å². The van der Waals surface area contributed by atoms with Crippen molar-refractivity contribution >= 4 is 34.6 Å². The van der Waals surface area contributed by atoms with Crippen LogP contribution in [0.1, 0.15) is 10.7 Å². The van der Waals surface area contributed by atoms with Crippen molar-refractivity contribution in [3.05, 3.63) is 33.0 Å². The number of fused-ring (bicyclic) bond motifs is 1. The zero-order valence-electron chi connectivity index (χ0n) is 12.0. The molecule has 3 rings (SSSR count). The lowest BCUT2D eigenvalue weighted by Gasteiger charge is -2.08. The first-order chi connectivity index (χ1) is 10.1. The molecule has 0 amide bonds. The first-order valence-electron chi connectivity index (χ1n) is 6.38. The molecule has 110 valence electrons. The van der Waals surface area contributed by atoms with Crippen LogP contribution in [-0.4, -0.2) is 28.8 Å². The highest BCUT2D eigenvalue weighted by Crippen LogP contribution is 2.32. The van der Waals surface area contributed by atoms with Crippen LogP contribution in [0.25, 0.3) is 11.0 Å². The molecule has 0 fully saturated rings. The summed E-state index contributed by atoms with van der Waals surface area (Å²) < 4.78 is 13.4. The Hall–Kier alpha value is -1.86. The Bertz CT molecular complexity index is 848. The van der Waals surface area contributed by atoms with E-state index in [1.807, 2.05) is 29.0 Å². The van der Waals surface area contributed by atoms with E-state index in [-0.39, 0.29) is 0 Å². The lowest BCUT2D eigenvalue weighted by Crippen LogP contribution is -2.00. The fourth-order valence-electron chi connectivity index (χ4n) is 2.25. The molecule has 0 aliphatic heterocycles. The zero-order chi connectivity index (χ0) is 15.0. The Kier molecular flexibility index (Phi) is 3.69. The first kappa shape index (κ1) is 14.1. The lowest BCUT2D eigenvalue weighted by molar-refractivity contribution is 0.355. The van der Waals surface area contributed by atoms with Crippen molar-refractivity contribution in [1.82, 2.24) is 14.5 Å². The number of aryl methyl sites for hydroxylation is 1. The Morgan fingerprint density at radius 3 is 2.62 bits per heavy atom. The minimum atomic E-state index is 0.646. The topological polar surface area (TPSA) is 52.1 Å². The summed E-state index contributed by atoms with van der Waals surface area (Å²) in [6.07, 6.45) is 0. The number of hydrogen-bond acceptors (Lipinski definition) is 5. The molecule has 2 aromatic heterocycles. The second-order valence-corrected chi connectivity index (χ2v) is 5.95. The van der Waals surface area contributed by atoms with Crippen molar-refractivity contribution in [2.24, 2.45) is 0 Å². The van der Waals surface area contributed by atoms with Crippen LogP contribution >= 0.6 is 23.6 Å². The molecule has 2 heterocycles. The number of nitrogens with zero attached hydrogens (tertiary/aromatic N) is 2. The SMILES string of the molecule is COc1cc2[nH]c(=S)n(Cc3nc(C)cs3)c2cc1OC. The summed E-state index contributed by atoms with van der Waals surface area (Å²) in [6, 6.07) is 3.83. The van der Waals surface area contributed by atoms with E-state index >= 15 is 0 Å². The second kappa shape index (κ2) is 5.50. The highest BCUT2D eigenvalue weighted by atomic mass is 32.1. The summed E-state index contributed by atoms with van der Waals surface area (Å²) in [5, 5.41) is 3.07. The maximum absolute atomic E-state index is 5.42. The predicted octanol–water partition coefficient (Wildman–Crippen LogP) is 3.53. The molecule has 3 aromatic rings. The van der Waals surface area contributed by atoms with E-state index in [0.717, 1.165) is 21.7 Å². The molecule has 0 unspecified atom stereocenters. The summed E-state index contributed by atoms with van der Waals surface area (Å²) in [6.45, 7) is 2.63. The van der Waals surface area contributed by atoms with E-state index in [4.69, 9.17) is 21.7 Å². The largest absolute Gasteiger partial charge is 0.493 e. The van der Waals surface area contributed by atoms with Crippen molar-refractivity contribution in [2.75, 3.05) is 14.2 Å². The van der Waals surface area contributed by atoms with Gasteiger partial charge in [0.05, 0.1) is 31.8 Å². The third-order valence-electron chi connectivity index (χ3n) is 3.24. The highest BCUT2D eigenvalue weighted by Gasteiger charge is 2.12. The molecule has 5 nitrogen and oxygen atoms in total. The van der Waals surface area contributed by atoms with Crippen LogP contribution in [-0.2, 0) is 6.54 Å². The molecule has 0 spiro atoms. The van der Waals surface area contributed by atoms with Gasteiger partial charge in [-0.25, -0.2) is 4.98 Å². The van der Waals surface area contributed by atoms with Gasteiger partial charge in [-0.1, -0.05) is 0 Å². The number of methoxy groups -OCH3 is 2. The van der Waals surface area contributed by atoms with Crippen LogP contribution in [0.5, 0.6) is 11.5 Å². The molecule has 0 radical (unpaired) electrons. The number of H-pyrrole nitrogens is 1. The fraction of sp³-hybridized carbons (Fsp3) is 0.286. The van der Waals surface area contributed by atoms with E-state index in [2.05, 4.69) is 9.97 Å². The van der Waals surface area contributed by atoms with Gasteiger partial charge in [-0.3, -0.25) is 0 Å². The molecule has 0 aliphatic rings. The number of imidazole rings is 1. The van der Waals surface area contributed by atoms with Gasteiger partial charge in [-0.05, 0) is 19.1 Å². The minimum absolute atomic E-state index is 0.646. The third-order valence-corrected chi connectivity index (χ3v) is 4.51. The molecule has 0 bridgehead atoms. The number of thiazole rings is 1. The Morgan fingerprint density at radius 2 is 2.00 bits per heavy atom. The van der Waals surface area contributed by atoms with Crippen LogP contribution in [0, 0.1) is 11.7 Å². The molecule has 1 N–H and O–H groups in total. The van der Waals surface area contributed by atoms with E-state index in [1.54, 1.807) is 25.6 Å². The van der Waals surface area contributed by atoms with Gasteiger partial charge in [-0.15, -0.1) is 11.3 Å². The Morgan fingerprint density at radius 1 is 1.29 bits per heavy atom. The van der Waals surface area contributed by atoms with Crippen LogP contribution in [0.15, 0.2) is 17.5 Å². The van der Waals surface area contributed by atoms with Crippen LogP contribution in [0.4, 0.5) is 0 Å². The Labute approximate surface area is 131 Å². The number of hydrogen-bond donors (Lipinski definition) is 1. The van der Waals surface area contributed by atoms with E-state index in [9.17, 15) is 0 Å².